The number of rotatable bonds is 2. The van der Waals surface area contributed by atoms with E-state index in [0.717, 1.165) is 16.7 Å². The van der Waals surface area contributed by atoms with Crippen LogP contribution in [0.25, 0.3) is 11.0 Å². The van der Waals surface area contributed by atoms with Crippen molar-refractivity contribution in [2.45, 2.75) is 39.7 Å². The van der Waals surface area contributed by atoms with Crippen LogP contribution in [0.1, 0.15) is 45.3 Å². The van der Waals surface area contributed by atoms with Crippen molar-refractivity contribution < 1.29 is 0 Å². The summed E-state index contributed by atoms with van der Waals surface area (Å²) >= 11 is 0. The Labute approximate surface area is 89.3 Å². The molecule has 2 aromatic rings. The molecule has 0 aliphatic carbocycles. The first kappa shape index (κ1) is 10.1. The number of aromatic nitrogens is 4. The van der Waals surface area contributed by atoms with Crippen molar-refractivity contribution in [2.24, 2.45) is 0 Å². The molecule has 2 aromatic heterocycles. The number of pyridine rings is 1. The van der Waals surface area contributed by atoms with E-state index in [1.54, 1.807) is 6.20 Å². The second-order valence-corrected chi connectivity index (χ2v) is 4.35. The molecule has 0 N–H and O–H groups in total. The summed E-state index contributed by atoms with van der Waals surface area (Å²) in [7, 11) is 0. The third-order valence-electron chi connectivity index (χ3n) is 2.45. The largest absolute Gasteiger partial charge is 0.259 e. The molecule has 0 radical (unpaired) electrons. The topological polar surface area (TPSA) is 43.6 Å². The van der Waals surface area contributed by atoms with E-state index in [2.05, 4.69) is 43.0 Å². The van der Waals surface area contributed by atoms with Gasteiger partial charge in [-0.2, -0.15) is 0 Å². The normalized spacial score (nSPS) is 11.9. The minimum absolute atomic E-state index is 0.316. The van der Waals surface area contributed by atoms with Gasteiger partial charge >= 0.3 is 0 Å². The number of hydrogen-bond acceptors (Lipinski definition) is 3. The van der Waals surface area contributed by atoms with Crippen LogP contribution in [0.3, 0.4) is 0 Å². The van der Waals surface area contributed by atoms with Gasteiger partial charge in [-0.1, -0.05) is 19.1 Å². The van der Waals surface area contributed by atoms with Crippen LogP contribution in [0.2, 0.25) is 0 Å². The standard InChI is InChI=1S/C11H16N4/c1-7(2)10-11-9(5-6-12-10)13-14-15(11)8(3)4/h5-8H,1-4H3. The van der Waals surface area contributed by atoms with Crippen molar-refractivity contribution in [3.63, 3.8) is 0 Å². The fourth-order valence-electron chi connectivity index (χ4n) is 1.70. The minimum atomic E-state index is 0.316. The fraction of sp³-hybridized carbons (Fsp3) is 0.545. The lowest BCUT2D eigenvalue weighted by molar-refractivity contribution is 0.527. The SMILES string of the molecule is CC(C)c1nccc2nnn(C(C)C)c12. The molecule has 0 aliphatic heterocycles. The summed E-state index contributed by atoms with van der Waals surface area (Å²) in [6.45, 7) is 8.48. The molecule has 0 amide bonds. The van der Waals surface area contributed by atoms with Gasteiger partial charge in [0.15, 0.2) is 0 Å². The monoisotopic (exact) mass is 204 g/mol. The molecule has 0 fully saturated rings. The molecule has 0 aromatic carbocycles. The maximum atomic E-state index is 4.42. The molecule has 2 rings (SSSR count). The van der Waals surface area contributed by atoms with E-state index in [1.807, 2.05) is 10.7 Å². The molecule has 0 bridgehead atoms. The first-order chi connectivity index (χ1) is 7.11. The van der Waals surface area contributed by atoms with Gasteiger partial charge in [-0.25, -0.2) is 4.68 Å². The molecule has 4 nitrogen and oxygen atoms in total. The Kier molecular flexibility index (Phi) is 2.42. The van der Waals surface area contributed by atoms with Crippen molar-refractivity contribution in [3.8, 4) is 0 Å². The molecule has 80 valence electrons. The van der Waals surface area contributed by atoms with E-state index in [9.17, 15) is 0 Å². The Morgan fingerprint density at radius 2 is 1.93 bits per heavy atom. The molecule has 0 saturated heterocycles. The van der Waals surface area contributed by atoms with E-state index in [4.69, 9.17) is 0 Å². The van der Waals surface area contributed by atoms with Crippen LogP contribution < -0.4 is 0 Å². The van der Waals surface area contributed by atoms with Crippen LogP contribution in [-0.2, 0) is 0 Å². The number of fused-ring (bicyclic) bond motifs is 1. The summed E-state index contributed by atoms with van der Waals surface area (Å²) in [6, 6.07) is 2.23. The van der Waals surface area contributed by atoms with Crippen molar-refractivity contribution in [1.82, 2.24) is 20.0 Å². The number of nitrogens with zero attached hydrogens (tertiary/aromatic N) is 4. The molecule has 0 aliphatic rings. The van der Waals surface area contributed by atoms with Crippen molar-refractivity contribution in [1.29, 1.82) is 0 Å². The molecule has 2 heterocycles. The molecule has 4 heteroatoms. The third kappa shape index (κ3) is 1.60. The zero-order valence-electron chi connectivity index (χ0n) is 9.60. The molecule has 0 atom stereocenters. The Morgan fingerprint density at radius 3 is 2.53 bits per heavy atom. The average Bonchev–Trinajstić information content (AvgIpc) is 2.60. The third-order valence-corrected chi connectivity index (χ3v) is 2.45. The second kappa shape index (κ2) is 3.61. The summed E-state index contributed by atoms with van der Waals surface area (Å²) in [6.07, 6.45) is 1.80. The van der Waals surface area contributed by atoms with Crippen molar-refractivity contribution in [3.05, 3.63) is 18.0 Å². The molecule has 0 spiro atoms. The maximum absolute atomic E-state index is 4.42. The molecule has 0 unspecified atom stereocenters. The smallest absolute Gasteiger partial charge is 0.116 e. The highest BCUT2D eigenvalue weighted by molar-refractivity contribution is 5.76. The van der Waals surface area contributed by atoms with Gasteiger partial charge in [0.2, 0.25) is 0 Å². The first-order valence-electron chi connectivity index (χ1n) is 5.31. The van der Waals surface area contributed by atoms with Gasteiger partial charge in [-0.05, 0) is 25.8 Å². The lowest BCUT2D eigenvalue weighted by atomic mass is 10.1. The maximum Gasteiger partial charge on any atom is 0.116 e. The summed E-state index contributed by atoms with van der Waals surface area (Å²) < 4.78 is 1.94. The lowest BCUT2D eigenvalue weighted by Crippen LogP contribution is -2.06. The molecular weight excluding hydrogens is 188 g/mol. The molecule has 15 heavy (non-hydrogen) atoms. The highest BCUT2D eigenvalue weighted by Crippen LogP contribution is 2.23. The summed E-state index contributed by atoms with van der Waals surface area (Å²) in [5, 5.41) is 8.32. The second-order valence-electron chi connectivity index (χ2n) is 4.35. The van der Waals surface area contributed by atoms with Gasteiger partial charge < -0.3 is 0 Å². The van der Waals surface area contributed by atoms with Crippen molar-refractivity contribution >= 4 is 11.0 Å². The van der Waals surface area contributed by atoms with E-state index >= 15 is 0 Å². The van der Waals surface area contributed by atoms with E-state index in [0.29, 0.717) is 12.0 Å². The highest BCUT2D eigenvalue weighted by atomic mass is 15.4. The quantitative estimate of drug-likeness (QED) is 0.755. The van der Waals surface area contributed by atoms with Crippen LogP contribution in [0.4, 0.5) is 0 Å². The predicted octanol–water partition coefficient (Wildman–Crippen LogP) is 2.53. The first-order valence-corrected chi connectivity index (χ1v) is 5.31. The Hall–Kier alpha value is -1.45. The van der Waals surface area contributed by atoms with E-state index in [-0.39, 0.29) is 0 Å². The minimum Gasteiger partial charge on any atom is -0.259 e. The molecule has 0 saturated carbocycles. The van der Waals surface area contributed by atoms with E-state index < -0.39 is 0 Å². The van der Waals surface area contributed by atoms with Gasteiger partial charge in [0.25, 0.3) is 0 Å². The highest BCUT2D eigenvalue weighted by Gasteiger charge is 2.14. The molecular formula is C11H16N4. The van der Waals surface area contributed by atoms with Crippen LogP contribution in [0.5, 0.6) is 0 Å². The van der Waals surface area contributed by atoms with Gasteiger partial charge in [0.05, 0.1) is 5.69 Å². The Balaban J connectivity index is 2.75. The van der Waals surface area contributed by atoms with Gasteiger partial charge in [-0.3, -0.25) is 4.98 Å². The average molecular weight is 204 g/mol. The summed E-state index contributed by atoms with van der Waals surface area (Å²) in [4.78, 5) is 4.42. The summed E-state index contributed by atoms with van der Waals surface area (Å²) in [5.41, 5.74) is 3.08. The Morgan fingerprint density at radius 1 is 1.20 bits per heavy atom. The van der Waals surface area contributed by atoms with Gasteiger partial charge in [-0.15, -0.1) is 5.10 Å². The fourth-order valence-corrected chi connectivity index (χ4v) is 1.70. The lowest BCUT2D eigenvalue weighted by Gasteiger charge is -2.10. The van der Waals surface area contributed by atoms with Gasteiger partial charge in [0, 0.05) is 12.2 Å². The van der Waals surface area contributed by atoms with Crippen LogP contribution in [-0.4, -0.2) is 20.0 Å². The zero-order chi connectivity index (χ0) is 11.0. The Bertz CT molecular complexity index is 470. The number of hydrogen-bond donors (Lipinski definition) is 0. The van der Waals surface area contributed by atoms with Crippen molar-refractivity contribution in [2.75, 3.05) is 0 Å². The van der Waals surface area contributed by atoms with Gasteiger partial charge in [0.1, 0.15) is 11.0 Å². The van der Waals surface area contributed by atoms with Crippen LogP contribution in [0.15, 0.2) is 12.3 Å². The van der Waals surface area contributed by atoms with Crippen LogP contribution in [0, 0.1) is 0 Å². The predicted molar refractivity (Wildman–Crippen MR) is 59.8 cm³/mol. The summed E-state index contributed by atoms with van der Waals surface area (Å²) in [5.74, 6) is 0.393. The zero-order valence-corrected chi connectivity index (χ0v) is 9.60. The van der Waals surface area contributed by atoms with E-state index in [1.165, 1.54) is 0 Å². The van der Waals surface area contributed by atoms with Crippen LogP contribution >= 0.6 is 0 Å².